The summed E-state index contributed by atoms with van der Waals surface area (Å²) >= 11 is 6.05. The summed E-state index contributed by atoms with van der Waals surface area (Å²) in [5.74, 6) is 1.33. The Kier molecular flexibility index (Phi) is 3.25. The van der Waals surface area contributed by atoms with Gasteiger partial charge in [-0.05, 0) is 29.7 Å². The highest BCUT2D eigenvalue weighted by atomic mass is 35.5. The molecule has 0 spiro atoms. The van der Waals surface area contributed by atoms with Crippen LogP contribution in [-0.4, -0.2) is 14.8 Å². The van der Waals surface area contributed by atoms with Gasteiger partial charge >= 0.3 is 0 Å². The molecule has 0 amide bonds. The van der Waals surface area contributed by atoms with Gasteiger partial charge in [0.05, 0.1) is 5.69 Å². The first-order chi connectivity index (χ1) is 7.66. The zero-order chi connectivity index (χ0) is 11.5. The molecule has 0 fully saturated rings. The van der Waals surface area contributed by atoms with Gasteiger partial charge in [0, 0.05) is 6.42 Å². The van der Waals surface area contributed by atoms with Gasteiger partial charge in [0.2, 0.25) is 5.28 Å². The molecule has 0 atom stereocenters. The van der Waals surface area contributed by atoms with Crippen LogP contribution in [0, 0.1) is 5.92 Å². The Morgan fingerprint density at radius 1 is 1.25 bits per heavy atom. The first kappa shape index (κ1) is 11.1. The molecule has 0 aliphatic rings. The van der Waals surface area contributed by atoms with Crippen molar-refractivity contribution in [2.45, 2.75) is 20.3 Å². The van der Waals surface area contributed by atoms with E-state index in [9.17, 15) is 0 Å². The second-order valence-corrected chi connectivity index (χ2v) is 4.48. The Hall–Kier alpha value is -1.35. The Morgan fingerprint density at radius 2 is 1.94 bits per heavy atom. The number of aromatic nitrogens is 3. The minimum atomic E-state index is 0.418. The molecule has 0 N–H and O–H groups in total. The van der Waals surface area contributed by atoms with E-state index < -0.39 is 0 Å². The predicted molar refractivity (Wildman–Crippen MR) is 64.9 cm³/mol. The highest BCUT2D eigenvalue weighted by Gasteiger charge is 2.10. The van der Waals surface area contributed by atoms with Crippen molar-refractivity contribution in [1.82, 2.24) is 14.8 Å². The number of halogens is 1. The average Bonchev–Trinajstić information content (AvgIpc) is 2.60. The van der Waals surface area contributed by atoms with E-state index in [-0.39, 0.29) is 0 Å². The van der Waals surface area contributed by atoms with Crippen molar-refractivity contribution in [3.05, 3.63) is 41.4 Å². The molecule has 0 saturated carbocycles. The monoisotopic (exact) mass is 235 g/mol. The molecule has 2 aromatic rings. The molecule has 0 saturated heterocycles. The number of para-hydroxylation sites is 1. The van der Waals surface area contributed by atoms with Gasteiger partial charge < -0.3 is 0 Å². The van der Waals surface area contributed by atoms with Crippen LogP contribution in [0.2, 0.25) is 5.28 Å². The van der Waals surface area contributed by atoms with E-state index in [1.165, 1.54) is 0 Å². The van der Waals surface area contributed by atoms with Crippen molar-refractivity contribution in [1.29, 1.82) is 0 Å². The Bertz CT molecular complexity index is 462. The summed E-state index contributed by atoms with van der Waals surface area (Å²) in [5.41, 5.74) is 0.940. The lowest BCUT2D eigenvalue weighted by atomic mass is 10.1. The molecular formula is C12H14ClN3. The zero-order valence-electron chi connectivity index (χ0n) is 9.39. The fourth-order valence-electron chi connectivity index (χ4n) is 1.52. The van der Waals surface area contributed by atoms with Gasteiger partial charge in [-0.15, -0.1) is 5.10 Å². The van der Waals surface area contributed by atoms with Crippen LogP contribution in [0.3, 0.4) is 0 Å². The fraction of sp³-hybridized carbons (Fsp3) is 0.333. The van der Waals surface area contributed by atoms with E-state index in [4.69, 9.17) is 11.6 Å². The van der Waals surface area contributed by atoms with Crippen molar-refractivity contribution in [2.24, 2.45) is 5.92 Å². The van der Waals surface area contributed by atoms with Crippen molar-refractivity contribution in [3.8, 4) is 5.69 Å². The normalized spacial score (nSPS) is 11.0. The highest BCUT2D eigenvalue weighted by molar-refractivity contribution is 6.28. The number of nitrogens with zero attached hydrogens (tertiary/aromatic N) is 3. The molecule has 1 aromatic carbocycles. The first-order valence-corrected chi connectivity index (χ1v) is 5.71. The molecule has 0 radical (unpaired) electrons. The number of benzene rings is 1. The third-order valence-electron chi connectivity index (χ3n) is 2.20. The fourth-order valence-corrected chi connectivity index (χ4v) is 1.75. The lowest BCUT2D eigenvalue weighted by Gasteiger charge is -2.00. The standard InChI is InChI=1S/C12H14ClN3/c1-9(2)8-11-14-12(13)16(15-11)10-6-4-3-5-7-10/h3-7,9H,8H2,1-2H3. The molecule has 0 bridgehead atoms. The molecule has 1 aromatic heterocycles. The summed E-state index contributed by atoms with van der Waals surface area (Å²) in [6.45, 7) is 4.27. The predicted octanol–water partition coefficient (Wildman–Crippen LogP) is 3.12. The summed E-state index contributed by atoms with van der Waals surface area (Å²) in [5, 5.41) is 4.81. The first-order valence-electron chi connectivity index (χ1n) is 5.33. The second kappa shape index (κ2) is 4.66. The maximum atomic E-state index is 6.05. The van der Waals surface area contributed by atoms with Gasteiger partial charge in [-0.3, -0.25) is 0 Å². The zero-order valence-corrected chi connectivity index (χ0v) is 10.1. The molecule has 16 heavy (non-hydrogen) atoms. The van der Waals surface area contributed by atoms with Gasteiger partial charge in [-0.1, -0.05) is 32.0 Å². The van der Waals surface area contributed by atoms with E-state index in [2.05, 4.69) is 23.9 Å². The highest BCUT2D eigenvalue weighted by Crippen LogP contribution is 2.15. The van der Waals surface area contributed by atoms with E-state index in [1.54, 1.807) is 4.68 Å². The van der Waals surface area contributed by atoms with Gasteiger partial charge in [0.1, 0.15) is 0 Å². The minimum Gasteiger partial charge on any atom is -0.203 e. The third-order valence-corrected chi connectivity index (χ3v) is 2.45. The van der Waals surface area contributed by atoms with Crippen molar-refractivity contribution in [3.63, 3.8) is 0 Å². The van der Waals surface area contributed by atoms with Crippen LogP contribution in [0.15, 0.2) is 30.3 Å². The molecule has 1 heterocycles. The van der Waals surface area contributed by atoms with Crippen LogP contribution in [0.25, 0.3) is 5.69 Å². The van der Waals surface area contributed by atoms with Crippen LogP contribution in [0.4, 0.5) is 0 Å². The summed E-state index contributed by atoms with van der Waals surface area (Å²) in [4.78, 5) is 4.24. The summed E-state index contributed by atoms with van der Waals surface area (Å²) in [7, 11) is 0. The SMILES string of the molecule is CC(C)Cc1nc(Cl)n(-c2ccccc2)n1. The number of hydrogen-bond acceptors (Lipinski definition) is 2. The quantitative estimate of drug-likeness (QED) is 0.819. The Balaban J connectivity index is 2.32. The number of hydrogen-bond donors (Lipinski definition) is 0. The molecule has 0 aliphatic heterocycles. The molecule has 3 nitrogen and oxygen atoms in total. The lowest BCUT2D eigenvalue weighted by molar-refractivity contribution is 0.618. The molecular weight excluding hydrogens is 222 g/mol. The van der Waals surface area contributed by atoms with Crippen LogP contribution < -0.4 is 0 Å². The van der Waals surface area contributed by atoms with Crippen molar-refractivity contribution >= 4 is 11.6 Å². The van der Waals surface area contributed by atoms with Crippen molar-refractivity contribution < 1.29 is 0 Å². The van der Waals surface area contributed by atoms with Crippen LogP contribution >= 0.6 is 11.6 Å². The average molecular weight is 236 g/mol. The molecule has 84 valence electrons. The van der Waals surface area contributed by atoms with E-state index in [1.807, 2.05) is 30.3 Å². The summed E-state index contributed by atoms with van der Waals surface area (Å²) in [6.07, 6.45) is 0.847. The molecule has 0 unspecified atom stereocenters. The largest absolute Gasteiger partial charge is 0.225 e. The smallest absolute Gasteiger partial charge is 0.203 e. The minimum absolute atomic E-state index is 0.418. The van der Waals surface area contributed by atoms with E-state index in [0.29, 0.717) is 11.2 Å². The van der Waals surface area contributed by atoms with E-state index >= 15 is 0 Å². The van der Waals surface area contributed by atoms with E-state index in [0.717, 1.165) is 17.9 Å². The molecule has 4 heteroatoms. The molecule has 0 aliphatic carbocycles. The van der Waals surface area contributed by atoms with Gasteiger partial charge in [0.15, 0.2) is 5.82 Å². The number of rotatable bonds is 3. The Labute approximate surface area is 100 Å². The van der Waals surface area contributed by atoms with Crippen LogP contribution in [0.1, 0.15) is 19.7 Å². The third kappa shape index (κ3) is 2.42. The van der Waals surface area contributed by atoms with Crippen LogP contribution in [0.5, 0.6) is 0 Å². The summed E-state index contributed by atoms with van der Waals surface area (Å²) < 4.78 is 1.67. The summed E-state index contributed by atoms with van der Waals surface area (Å²) in [6, 6.07) is 9.79. The maximum absolute atomic E-state index is 6.05. The lowest BCUT2D eigenvalue weighted by Crippen LogP contribution is -1.99. The topological polar surface area (TPSA) is 30.7 Å². The van der Waals surface area contributed by atoms with Crippen molar-refractivity contribution in [2.75, 3.05) is 0 Å². The maximum Gasteiger partial charge on any atom is 0.225 e. The van der Waals surface area contributed by atoms with Crippen LogP contribution in [-0.2, 0) is 6.42 Å². The second-order valence-electron chi connectivity index (χ2n) is 4.14. The van der Waals surface area contributed by atoms with Gasteiger partial charge in [0.25, 0.3) is 0 Å². The molecule has 2 rings (SSSR count). The van der Waals surface area contributed by atoms with Gasteiger partial charge in [-0.2, -0.15) is 0 Å². The van der Waals surface area contributed by atoms with Gasteiger partial charge in [-0.25, -0.2) is 9.67 Å². The Morgan fingerprint density at radius 3 is 2.56 bits per heavy atom.